The van der Waals surface area contributed by atoms with Crippen LogP contribution >= 0.6 is 0 Å². The summed E-state index contributed by atoms with van der Waals surface area (Å²) in [5.41, 5.74) is 1.17. The Kier molecular flexibility index (Phi) is 4.31. The number of piperidine rings is 1. The lowest BCUT2D eigenvalue weighted by Crippen LogP contribution is -2.42. The van der Waals surface area contributed by atoms with E-state index in [4.69, 9.17) is 0 Å². The first-order valence-corrected chi connectivity index (χ1v) is 8.46. The molecule has 0 amide bonds. The molecule has 1 aromatic rings. The Morgan fingerprint density at radius 3 is 2.11 bits per heavy atom. The topological polar surface area (TPSA) is 37.4 Å². The van der Waals surface area contributed by atoms with Crippen molar-refractivity contribution in [3.63, 3.8) is 0 Å². The van der Waals surface area contributed by atoms with Crippen LogP contribution in [0.25, 0.3) is 0 Å². The first-order valence-electron chi connectivity index (χ1n) is 7.02. The molecule has 19 heavy (non-hydrogen) atoms. The Labute approximate surface area is 116 Å². The van der Waals surface area contributed by atoms with Crippen molar-refractivity contribution in [2.45, 2.75) is 38.5 Å². The predicted molar refractivity (Wildman–Crippen MR) is 77.5 cm³/mol. The zero-order valence-corrected chi connectivity index (χ0v) is 12.8. The molecule has 0 saturated carbocycles. The van der Waals surface area contributed by atoms with Gasteiger partial charge in [-0.3, -0.25) is 0 Å². The number of hydrogen-bond acceptors (Lipinski definition) is 2. The second kappa shape index (κ2) is 5.63. The van der Waals surface area contributed by atoms with Gasteiger partial charge in [0.1, 0.15) is 0 Å². The largest absolute Gasteiger partial charge is 0.243 e. The van der Waals surface area contributed by atoms with Gasteiger partial charge in [0.2, 0.25) is 10.0 Å². The molecule has 0 bridgehead atoms. The number of aryl methyl sites for hydroxylation is 1. The molecule has 1 aromatic carbocycles. The van der Waals surface area contributed by atoms with Crippen LogP contribution in [0, 0.1) is 11.8 Å². The predicted octanol–water partition coefficient (Wildman–Crippen LogP) is 2.92. The van der Waals surface area contributed by atoms with Gasteiger partial charge < -0.3 is 0 Å². The van der Waals surface area contributed by atoms with Crippen LogP contribution in [-0.2, 0) is 16.4 Å². The van der Waals surface area contributed by atoms with Crippen LogP contribution in [0.1, 0.15) is 32.8 Å². The van der Waals surface area contributed by atoms with Crippen LogP contribution < -0.4 is 0 Å². The fourth-order valence-corrected chi connectivity index (χ4v) is 4.53. The second-order valence-corrected chi connectivity index (χ2v) is 7.70. The summed E-state index contributed by atoms with van der Waals surface area (Å²) in [6, 6.07) is 7.28. The van der Waals surface area contributed by atoms with Crippen molar-refractivity contribution >= 4 is 10.0 Å². The Morgan fingerprint density at radius 2 is 1.63 bits per heavy atom. The van der Waals surface area contributed by atoms with Crippen LogP contribution in [0.15, 0.2) is 29.2 Å². The van der Waals surface area contributed by atoms with E-state index in [1.54, 1.807) is 16.4 Å². The van der Waals surface area contributed by atoms with E-state index in [0.717, 1.165) is 12.8 Å². The average Bonchev–Trinajstić information content (AvgIpc) is 2.37. The van der Waals surface area contributed by atoms with Gasteiger partial charge in [-0.25, -0.2) is 8.42 Å². The van der Waals surface area contributed by atoms with E-state index in [-0.39, 0.29) is 0 Å². The molecule has 2 rings (SSSR count). The summed E-state index contributed by atoms with van der Waals surface area (Å²) in [4.78, 5) is 0.422. The molecule has 106 valence electrons. The fourth-order valence-electron chi connectivity index (χ4n) is 2.85. The molecular formula is C15H23NO2S. The van der Waals surface area contributed by atoms with Crippen LogP contribution in [0.2, 0.25) is 0 Å². The van der Waals surface area contributed by atoms with Crippen LogP contribution in [0.5, 0.6) is 0 Å². The minimum Gasteiger partial charge on any atom is -0.207 e. The van der Waals surface area contributed by atoms with E-state index in [1.807, 2.05) is 12.1 Å². The van der Waals surface area contributed by atoms with Gasteiger partial charge in [-0.2, -0.15) is 4.31 Å². The van der Waals surface area contributed by atoms with Crippen LogP contribution in [-0.4, -0.2) is 25.8 Å². The number of rotatable bonds is 3. The summed E-state index contributed by atoms with van der Waals surface area (Å²) < 4.78 is 26.9. The summed E-state index contributed by atoms with van der Waals surface area (Å²) in [7, 11) is -3.32. The molecule has 1 aliphatic heterocycles. The van der Waals surface area contributed by atoms with Crippen LogP contribution in [0.3, 0.4) is 0 Å². The molecule has 0 aliphatic carbocycles. The zero-order chi connectivity index (χ0) is 14.0. The van der Waals surface area contributed by atoms with Crippen LogP contribution in [0.4, 0.5) is 0 Å². The van der Waals surface area contributed by atoms with Crippen molar-refractivity contribution < 1.29 is 8.42 Å². The van der Waals surface area contributed by atoms with Crippen molar-refractivity contribution in [3.05, 3.63) is 29.8 Å². The van der Waals surface area contributed by atoms with Crippen molar-refractivity contribution in [1.29, 1.82) is 0 Å². The Balaban J connectivity index is 2.25. The van der Waals surface area contributed by atoms with E-state index in [2.05, 4.69) is 20.8 Å². The number of nitrogens with zero attached hydrogens (tertiary/aromatic N) is 1. The standard InChI is InChI=1S/C15H23NO2S/c1-4-14-5-7-15(8-6-14)19(17,18)16-10-12(2)9-13(3)11-16/h5-8,12-13H,4,9-11H2,1-3H3/t12-,13-/m1/s1. The third-order valence-electron chi connectivity index (χ3n) is 3.80. The first-order chi connectivity index (χ1) is 8.93. The molecular weight excluding hydrogens is 258 g/mol. The summed E-state index contributed by atoms with van der Waals surface area (Å²) in [5, 5.41) is 0. The summed E-state index contributed by atoms with van der Waals surface area (Å²) >= 11 is 0. The van der Waals surface area contributed by atoms with E-state index >= 15 is 0 Å². The molecule has 1 saturated heterocycles. The molecule has 0 spiro atoms. The normalized spacial score (nSPS) is 25.4. The van der Waals surface area contributed by atoms with Crippen molar-refractivity contribution in [2.75, 3.05) is 13.1 Å². The SMILES string of the molecule is CCc1ccc(S(=O)(=O)N2C[C@H](C)C[C@@H](C)C2)cc1. The lowest BCUT2D eigenvalue weighted by Gasteiger charge is -2.34. The average molecular weight is 281 g/mol. The highest BCUT2D eigenvalue weighted by Crippen LogP contribution is 2.26. The monoisotopic (exact) mass is 281 g/mol. The first kappa shape index (κ1) is 14.5. The van der Waals surface area contributed by atoms with Gasteiger partial charge in [0.15, 0.2) is 0 Å². The lowest BCUT2D eigenvalue weighted by atomic mass is 9.94. The quantitative estimate of drug-likeness (QED) is 0.854. The number of sulfonamides is 1. The van der Waals surface area contributed by atoms with Crippen molar-refractivity contribution in [1.82, 2.24) is 4.31 Å². The Bertz CT molecular complexity index is 512. The van der Waals surface area contributed by atoms with E-state index in [9.17, 15) is 8.42 Å². The highest BCUT2D eigenvalue weighted by molar-refractivity contribution is 7.89. The summed E-state index contributed by atoms with van der Waals surface area (Å²) in [5.74, 6) is 0.877. The third kappa shape index (κ3) is 3.18. The van der Waals surface area contributed by atoms with Crippen molar-refractivity contribution in [2.24, 2.45) is 11.8 Å². The minimum atomic E-state index is -3.32. The Morgan fingerprint density at radius 1 is 1.11 bits per heavy atom. The molecule has 0 N–H and O–H groups in total. The molecule has 4 heteroatoms. The number of benzene rings is 1. The van der Waals surface area contributed by atoms with Gasteiger partial charge in [-0.05, 0) is 42.4 Å². The number of hydrogen-bond donors (Lipinski definition) is 0. The molecule has 0 unspecified atom stereocenters. The molecule has 0 radical (unpaired) electrons. The second-order valence-electron chi connectivity index (χ2n) is 5.77. The minimum absolute atomic E-state index is 0.422. The maximum Gasteiger partial charge on any atom is 0.243 e. The highest BCUT2D eigenvalue weighted by Gasteiger charge is 2.31. The molecule has 2 atom stereocenters. The van der Waals surface area contributed by atoms with Gasteiger partial charge in [0, 0.05) is 13.1 Å². The molecule has 1 fully saturated rings. The van der Waals surface area contributed by atoms with Gasteiger partial charge >= 0.3 is 0 Å². The molecule has 1 heterocycles. The maximum absolute atomic E-state index is 12.6. The van der Waals surface area contributed by atoms with Gasteiger partial charge in [0.05, 0.1) is 4.90 Å². The zero-order valence-electron chi connectivity index (χ0n) is 12.0. The van der Waals surface area contributed by atoms with E-state index in [1.165, 1.54) is 5.56 Å². The molecule has 0 aromatic heterocycles. The lowest BCUT2D eigenvalue weighted by molar-refractivity contribution is 0.222. The molecule has 3 nitrogen and oxygen atoms in total. The van der Waals surface area contributed by atoms with E-state index < -0.39 is 10.0 Å². The van der Waals surface area contributed by atoms with Crippen molar-refractivity contribution in [3.8, 4) is 0 Å². The van der Waals surface area contributed by atoms with Gasteiger partial charge in [-0.15, -0.1) is 0 Å². The smallest absolute Gasteiger partial charge is 0.207 e. The van der Waals surface area contributed by atoms with Gasteiger partial charge in [-0.1, -0.05) is 32.9 Å². The molecule has 1 aliphatic rings. The Hall–Kier alpha value is -0.870. The summed E-state index contributed by atoms with van der Waals surface area (Å²) in [6.07, 6.45) is 2.04. The highest BCUT2D eigenvalue weighted by atomic mass is 32.2. The maximum atomic E-state index is 12.6. The third-order valence-corrected chi connectivity index (χ3v) is 5.65. The van der Waals surface area contributed by atoms with Gasteiger partial charge in [0.25, 0.3) is 0 Å². The fraction of sp³-hybridized carbons (Fsp3) is 0.600. The van der Waals surface area contributed by atoms with E-state index in [0.29, 0.717) is 29.8 Å². The summed E-state index contributed by atoms with van der Waals surface area (Å²) in [6.45, 7) is 7.60.